The molecule has 0 saturated carbocycles. The fraction of sp³-hybridized carbons (Fsp3) is 1.00. The standard InChI is InChI=1S/C16H34O2Si2/c1-5-20(6-2)16(12-8-10-14-18-16)15(19(3)4)11-7-9-13-17-15/h19-20H,5-14H2,1-4H3. The van der Waals surface area contributed by atoms with Crippen LogP contribution in [-0.4, -0.2) is 41.3 Å². The van der Waals surface area contributed by atoms with Gasteiger partial charge in [0.1, 0.15) is 0 Å². The lowest BCUT2D eigenvalue weighted by atomic mass is 9.96. The van der Waals surface area contributed by atoms with Gasteiger partial charge in [-0.05, 0) is 38.5 Å². The van der Waals surface area contributed by atoms with Crippen LogP contribution in [0.5, 0.6) is 0 Å². The molecule has 2 atom stereocenters. The summed E-state index contributed by atoms with van der Waals surface area (Å²) in [5, 5.41) is 0.310. The molecule has 2 nitrogen and oxygen atoms in total. The van der Waals surface area contributed by atoms with Crippen molar-refractivity contribution in [1.82, 2.24) is 0 Å². The molecule has 0 spiro atoms. The third kappa shape index (κ3) is 2.69. The molecule has 0 aliphatic carbocycles. The Morgan fingerprint density at radius 2 is 1.30 bits per heavy atom. The highest BCUT2D eigenvalue weighted by molar-refractivity contribution is 6.68. The van der Waals surface area contributed by atoms with Gasteiger partial charge in [0.2, 0.25) is 0 Å². The maximum atomic E-state index is 6.69. The summed E-state index contributed by atoms with van der Waals surface area (Å²) in [6.07, 6.45) is 7.78. The van der Waals surface area contributed by atoms with Crippen molar-refractivity contribution in [3.63, 3.8) is 0 Å². The average Bonchev–Trinajstić information content (AvgIpc) is 2.50. The van der Waals surface area contributed by atoms with Crippen molar-refractivity contribution >= 4 is 17.6 Å². The first-order valence-corrected chi connectivity index (χ1v) is 14.0. The summed E-state index contributed by atoms with van der Waals surface area (Å²) in [6, 6.07) is 2.73. The molecule has 0 radical (unpaired) electrons. The van der Waals surface area contributed by atoms with Crippen LogP contribution in [0.25, 0.3) is 0 Å². The molecule has 0 aromatic rings. The molecule has 0 amide bonds. The summed E-state index contributed by atoms with van der Waals surface area (Å²) in [7, 11) is -1.84. The Balaban J connectivity index is 2.41. The van der Waals surface area contributed by atoms with Crippen LogP contribution in [0.3, 0.4) is 0 Å². The Morgan fingerprint density at radius 3 is 1.65 bits per heavy atom. The van der Waals surface area contributed by atoms with E-state index in [1.165, 1.54) is 50.6 Å². The van der Waals surface area contributed by atoms with E-state index in [-0.39, 0.29) is 10.4 Å². The minimum atomic E-state index is -0.925. The lowest BCUT2D eigenvalue weighted by Crippen LogP contribution is -2.72. The van der Waals surface area contributed by atoms with Gasteiger partial charge in [0.15, 0.2) is 0 Å². The van der Waals surface area contributed by atoms with Crippen LogP contribution in [0.15, 0.2) is 0 Å². The van der Waals surface area contributed by atoms with Gasteiger partial charge in [0, 0.05) is 13.2 Å². The summed E-state index contributed by atoms with van der Waals surface area (Å²) in [5.74, 6) is 0. The molecule has 2 unspecified atom stereocenters. The maximum absolute atomic E-state index is 6.69. The first-order chi connectivity index (χ1) is 9.63. The van der Waals surface area contributed by atoms with Gasteiger partial charge in [-0.15, -0.1) is 0 Å². The van der Waals surface area contributed by atoms with E-state index in [1.807, 2.05) is 0 Å². The molecule has 4 heteroatoms. The largest absolute Gasteiger partial charge is 0.376 e. The van der Waals surface area contributed by atoms with Gasteiger partial charge >= 0.3 is 0 Å². The second-order valence-electron chi connectivity index (χ2n) is 7.06. The summed E-state index contributed by atoms with van der Waals surface area (Å²) in [4.78, 5) is 0. The highest BCUT2D eigenvalue weighted by atomic mass is 28.3. The van der Waals surface area contributed by atoms with Gasteiger partial charge in [-0.1, -0.05) is 39.0 Å². The highest BCUT2D eigenvalue weighted by Crippen LogP contribution is 2.47. The minimum absolute atomic E-state index is 0.147. The van der Waals surface area contributed by atoms with Gasteiger partial charge in [0.25, 0.3) is 0 Å². The van der Waals surface area contributed by atoms with Crippen LogP contribution in [0, 0.1) is 0 Å². The first kappa shape index (κ1) is 16.7. The van der Waals surface area contributed by atoms with E-state index >= 15 is 0 Å². The monoisotopic (exact) mass is 314 g/mol. The van der Waals surface area contributed by atoms with Crippen molar-refractivity contribution in [2.24, 2.45) is 0 Å². The van der Waals surface area contributed by atoms with E-state index in [0.717, 1.165) is 13.2 Å². The molecule has 2 heterocycles. The molecule has 2 aliphatic heterocycles. The second kappa shape index (κ2) is 7.08. The molecule has 2 rings (SSSR count). The number of ether oxygens (including phenoxy) is 2. The maximum Gasteiger partial charge on any atom is 0.0802 e. The minimum Gasteiger partial charge on any atom is -0.376 e. The molecule has 0 bridgehead atoms. The second-order valence-corrected chi connectivity index (χ2v) is 14.3. The predicted molar refractivity (Wildman–Crippen MR) is 92.1 cm³/mol. The van der Waals surface area contributed by atoms with E-state index in [9.17, 15) is 0 Å². The van der Waals surface area contributed by atoms with Crippen LogP contribution in [-0.2, 0) is 9.47 Å². The zero-order valence-corrected chi connectivity index (χ0v) is 16.4. The Labute approximate surface area is 128 Å². The van der Waals surface area contributed by atoms with Crippen LogP contribution in [0.4, 0.5) is 0 Å². The van der Waals surface area contributed by atoms with E-state index in [4.69, 9.17) is 9.47 Å². The Morgan fingerprint density at radius 1 is 0.800 bits per heavy atom. The fourth-order valence-corrected chi connectivity index (χ4v) is 12.8. The number of hydrogen-bond donors (Lipinski definition) is 0. The molecular weight excluding hydrogens is 280 g/mol. The Kier molecular flexibility index (Phi) is 5.92. The predicted octanol–water partition coefficient (Wildman–Crippen LogP) is 3.70. The first-order valence-electron chi connectivity index (χ1n) is 8.91. The van der Waals surface area contributed by atoms with Crippen molar-refractivity contribution in [3.05, 3.63) is 0 Å². The van der Waals surface area contributed by atoms with Crippen molar-refractivity contribution in [2.45, 2.75) is 88.0 Å². The van der Waals surface area contributed by atoms with Crippen LogP contribution >= 0.6 is 0 Å². The van der Waals surface area contributed by atoms with Gasteiger partial charge in [0.05, 0.1) is 28.0 Å². The lowest BCUT2D eigenvalue weighted by molar-refractivity contribution is -0.165. The van der Waals surface area contributed by atoms with Gasteiger partial charge < -0.3 is 9.47 Å². The fourth-order valence-electron chi connectivity index (χ4n) is 4.86. The van der Waals surface area contributed by atoms with Crippen LogP contribution in [0.1, 0.15) is 52.4 Å². The van der Waals surface area contributed by atoms with Gasteiger partial charge in [-0.25, -0.2) is 0 Å². The van der Waals surface area contributed by atoms with E-state index in [1.54, 1.807) is 0 Å². The lowest BCUT2D eigenvalue weighted by Gasteiger charge is -2.58. The smallest absolute Gasteiger partial charge is 0.0802 e. The topological polar surface area (TPSA) is 18.5 Å². The zero-order chi connectivity index (χ0) is 14.6. The molecule has 0 N–H and O–H groups in total. The van der Waals surface area contributed by atoms with Crippen molar-refractivity contribution in [3.8, 4) is 0 Å². The zero-order valence-electron chi connectivity index (χ0n) is 14.0. The molecule has 20 heavy (non-hydrogen) atoms. The Bertz CT molecular complexity index is 291. The van der Waals surface area contributed by atoms with Crippen molar-refractivity contribution < 1.29 is 9.47 Å². The van der Waals surface area contributed by atoms with Crippen LogP contribution in [0.2, 0.25) is 25.2 Å². The summed E-state index contributed by atoms with van der Waals surface area (Å²) in [6.45, 7) is 11.8. The van der Waals surface area contributed by atoms with E-state index < -0.39 is 17.6 Å². The molecule has 118 valence electrons. The molecular formula is C16H34O2Si2. The van der Waals surface area contributed by atoms with E-state index in [2.05, 4.69) is 26.9 Å². The SMILES string of the molecule is CC[SiH](CC)C1(C2([SiH](C)C)CCCCO2)CCCCO1. The Hall–Kier alpha value is 0.354. The summed E-state index contributed by atoms with van der Waals surface area (Å²) >= 11 is 0. The van der Waals surface area contributed by atoms with Crippen LogP contribution < -0.4 is 0 Å². The molecule has 0 aromatic heterocycles. The summed E-state index contributed by atoms with van der Waals surface area (Å²) < 4.78 is 13.3. The van der Waals surface area contributed by atoms with Crippen molar-refractivity contribution in [2.75, 3.05) is 13.2 Å². The average molecular weight is 315 g/mol. The highest BCUT2D eigenvalue weighted by Gasteiger charge is 2.59. The van der Waals surface area contributed by atoms with Gasteiger partial charge in [-0.3, -0.25) is 0 Å². The summed E-state index contributed by atoms with van der Waals surface area (Å²) in [5.41, 5.74) is 0. The molecule has 0 aromatic carbocycles. The van der Waals surface area contributed by atoms with Crippen molar-refractivity contribution in [1.29, 1.82) is 0 Å². The third-order valence-electron chi connectivity index (χ3n) is 5.90. The molecule has 2 aliphatic rings. The molecule has 2 fully saturated rings. The molecule has 2 saturated heterocycles. The third-order valence-corrected chi connectivity index (χ3v) is 13.3. The van der Waals surface area contributed by atoms with Gasteiger partial charge in [-0.2, -0.15) is 0 Å². The number of hydrogen-bond acceptors (Lipinski definition) is 2. The van der Waals surface area contributed by atoms with E-state index in [0.29, 0.717) is 0 Å². The number of rotatable bonds is 5. The quantitative estimate of drug-likeness (QED) is 0.720. The normalized spacial score (nSPS) is 35.7.